The largest absolute Gasteiger partial charge is 0.468 e. The highest BCUT2D eigenvalue weighted by Gasteiger charge is 2.17. The van der Waals surface area contributed by atoms with Crippen molar-refractivity contribution in [3.05, 3.63) is 24.2 Å². The summed E-state index contributed by atoms with van der Waals surface area (Å²) in [5.74, 6) is 0.482. The maximum atomic E-state index is 10.8. The molecule has 0 aliphatic carbocycles. The smallest absolute Gasteiger partial charge is 0.234 e. The molecule has 0 radical (unpaired) electrons. The van der Waals surface area contributed by atoms with Crippen molar-refractivity contribution in [2.24, 2.45) is 5.73 Å². The van der Waals surface area contributed by atoms with Gasteiger partial charge in [-0.2, -0.15) is 0 Å². The Balaban J connectivity index is 2.60. The van der Waals surface area contributed by atoms with Crippen LogP contribution in [-0.2, 0) is 4.79 Å². The minimum Gasteiger partial charge on any atom is -0.468 e. The molecule has 0 aromatic carbocycles. The molecule has 2 atom stereocenters. The lowest BCUT2D eigenvalue weighted by Crippen LogP contribution is -2.40. The Kier molecular flexibility index (Phi) is 3.71. The Morgan fingerprint density at radius 1 is 1.71 bits per heavy atom. The highest BCUT2D eigenvalue weighted by Crippen LogP contribution is 2.17. The van der Waals surface area contributed by atoms with Gasteiger partial charge in [-0.1, -0.05) is 6.92 Å². The fourth-order valence-electron chi connectivity index (χ4n) is 1.27. The summed E-state index contributed by atoms with van der Waals surface area (Å²) in [4.78, 5) is 10.8. The second-order valence-corrected chi connectivity index (χ2v) is 3.27. The lowest BCUT2D eigenvalue weighted by atomic mass is 10.1. The zero-order valence-corrected chi connectivity index (χ0v) is 8.49. The summed E-state index contributed by atoms with van der Waals surface area (Å²) in [5, 5.41) is 3.10. The molecule has 78 valence electrons. The second-order valence-electron chi connectivity index (χ2n) is 3.27. The molecule has 0 spiro atoms. The van der Waals surface area contributed by atoms with E-state index in [1.54, 1.807) is 13.2 Å². The molecule has 0 bridgehead atoms. The van der Waals surface area contributed by atoms with E-state index in [0.29, 0.717) is 0 Å². The zero-order chi connectivity index (χ0) is 10.6. The van der Waals surface area contributed by atoms with Crippen molar-refractivity contribution in [2.45, 2.75) is 32.4 Å². The quantitative estimate of drug-likeness (QED) is 0.743. The van der Waals surface area contributed by atoms with Crippen molar-refractivity contribution in [3.63, 3.8) is 0 Å². The fourth-order valence-corrected chi connectivity index (χ4v) is 1.27. The average molecular weight is 196 g/mol. The first kappa shape index (κ1) is 10.8. The van der Waals surface area contributed by atoms with Gasteiger partial charge in [-0.15, -0.1) is 0 Å². The monoisotopic (exact) mass is 196 g/mol. The maximum absolute atomic E-state index is 10.8. The van der Waals surface area contributed by atoms with Crippen molar-refractivity contribution in [2.75, 3.05) is 0 Å². The molecule has 1 aromatic rings. The van der Waals surface area contributed by atoms with Crippen molar-refractivity contribution in [1.29, 1.82) is 0 Å². The molecule has 0 aliphatic rings. The highest BCUT2D eigenvalue weighted by atomic mass is 16.3. The van der Waals surface area contributed by atoms with Gasteiger partial charge >= 0.3 is 0 Å². The van der Waals surface area contributed by atoms with Crippen LogP contribution in [-0.4, -0.2) is 11.9 Å². The molecule has 1 rings (SSSR count). The van der Waals surface area contributed by atoms with Crippen LogP contribution in [0.3, 0.4) is 0 Å². The van der Waals surface area contributed by atoms with Crippen LogP contribution >= 0.6 is 0 Å². The van der Waals surface area contributed by atoms with Gasteiger partial charge in [0.25, 0.3) is 0 Å². The summed E-state index contributed by atoms with van der Waals surface area (Å²) < 4.78 is 5.25. The Morgan fingerprint density at radius 2 is 2.43 bits per heavy atom. The molecular formula is C10H16N2O2. The van der Waals surface area contributed by atoms with Gasteiger partial charge in [-0.25, -0.2) is 0 Å². The van der Waals surface area contributed by atoms with E-state index in [1.165, 1.54) is 0 Å². The Morgan fingerprint density at radius 3 is 2.86 bits per heavy atom. The minimum absolute atomic E-state index is 0.0486. The third-order valence-corrected chi connectivity index (χ3v) is 2.17. The van der Waals surface area contributed by atoms with Gasteiger partial charge in [0.2, 0.25) is 5.91 Å². The van der Waals surface area contributed by atoms with E-state index in [9.17, 15) is 4.79 Å². The molecule has 0 aliphatic heterocycles. The van der Waals surface area contributed by atoms with Crippen molar-refractivity contribution < 1.29 is 9.21 Å². The Labute approximate surface area is 83.5 Å². The summed E-state index contributed by atoms with van der Waals surface area (Å²) in [6.45, 7) is 3.77. The van der Waals surface area contributed by atoms with Crippen molar-refractivity contribution in [1.82, 2.24) is 5.32 Å². The third kappa shape index (κ3) is 2.60. The number of nitrogens with one attached hydrogen (secondary N) is 1. The van der Waals surface area contributed by atoms with Gasteiger partial charge in [0.05, 0.1) is 18.3 Å². The van der Waals surface area contributed by atoms with Crippen LogP contribution in [0.5, 0.6) is 0 Å². The maximum Gasteiger partial charge on any atom is 0.234 e. The average Bonchev–Trinajstić information content (AvgIpc) is 2.66. The van der Waals surface area contributed by atoms with Crippen LogP contribution in [0.25, 0.3) is 0 Å². The lowest BCUT2D eigenvalue weighted by Gasteiger charge is -2.18. The molecule has 1 heterocycles. The Bertz CT molecular complexity index is 282. The van der Waals surface area contributed by atoms with Gasteiger partial charge in [-0.05, 0) is 25.5 Å². The lowest BCUT2D eigenvalue weighted by molar-refractivity contribution is -0.119. The molecule has 0 fully saturated rings. The SMILES string of the molecule is CCC(NC(C)C(N)=O)c1ccco1. The van der Waals surface area contributed by atoms with Crippen molar-refractivity contribution in [3.8, 4) is 0 Å². The van der Waals surface area contributed by atoms with E-state index >= 15 is 0 Å². The first-order valence-electron chi connectivity index (χ1n) is 4.74. The summed E-state index contributed by atoms with van der Waals surface area (Å²) in [7, 11) is 0. The summed E-state index contributed by atoms with van der Waals surface area (Å²) >= 11 is 0. The topological polar surface area (TPSA) is 68.3 Å². The normalized spacial score (nSPS) is 15.0. The van der Waals surface area contributed by atoms with E-state index in [4.69, 9.17) is 10.2 Å². The number of carbonyl (C=O) groups excluding carboxylic acids is 1. The highest BCUT2D eigenvalue weighted by molar-refractivity contribution is 5.79. The predicted octanol–water partition coefficient (Wildman–Crippen LogP) is 1.19. The summed E-state index contributed by atoms with van der Waals surface area (Å²) in [6.07, 6.45) is 2.47. The van der Waals surface area contributed by atoms with Gasteiger partial charge in [0.1, 0.15) is 5.76 Å². The molecular weight excluding hydrogens is 180 g/mol. The predicted molar refractivity (Wildman–Crippen MR) is 53.5 cm³/mol. The molecule has 2 unspecified atom stereocenters. The van der Waals surface area contributed by atoms with E-state index in [1.807, 2.05) is 19.1 Å². The minimum atomic E-state index is -0.352. The van der Waals surface area contributed by atoms with Gasteiger partial charge in [0, 0.05) is 0 Å². The number of nitrogens with two attached hydrogens (primary N) is 1. The first-order chi connectivity index (χ1) is 6.65. The van der Waals surface area contributed by atoms with Gasteiger partial charge in [0.15, 0.2) is 0 Å². The summed E-state index contributed by atoms with van der Waals surface area (Å²) in [6, 6.07) is 3.42. The van der Waals surface area contributed by atoms with Gasteiger partial charge in [-0.3, -0.25) is 10.1 Å². The van der Waals surface area contributed by atoms with Gasteiger partial charge < -0.3 is 10.2 Å². The van der Waals surface area contributed by atoms with Crippen LogP contribution in [0.15, 0.2) is 22.8 Å². The number of hydrogen-bond acceptors (Lipinski definition) is 3. The molecule has 1 amide bonds. The molecule has 3 N–H and O–H groups in total. The van der Waals surface area contributed by atoms with E-state index in [2.05, 4.69) is 5.32 Å². The van der Waals surface area contributed by atoms with Crippen LogP contribution in [0.2, 0.25) is 0 Å². The number of rotatable bonds is 5. The molecule has 4 heteroatoms. The summed E-state index contributed by atoms with van der Waals surface area (Å²) in [5.41, 5.74) is 5.16. The van der Waals surface area contributed by atoms with Crippen LogP contribution in [0, 0.1) is 0 Å². The number of amides is 1. The second kappa shape index (κ2) is 4.81. The number of primary amides is 1. The zero-order valence-electron chi connectivity index (χ0n) is 8.49. The Hall–Kier alpha value is -1.29. The van der Waals surface area contributed by atoms with E-state index in [-0.39, 0.29) is 18.0 Å². The number of hydrogen-bond donors (Lipinski definition) is 2. The number of carbonyl (C=O) groups is 1. The molecule has 14 heavy (non-hydrogen) atoms. The van der Waals surface area contributed by atoms with Crippen molar-refractivity contribution >= 4 is 5.91 Å². The van der Waals surface area contributed by atoms with Crippen LogP contribution < -0.4 is 11.1 Å². The molecule has 0 saturated heterocycles. The molecule has 4 nitrogen and oxygen atoms in total. The van der Waals surface area contributed by atoms with Crippen LogP contribution in [0.4, 0.5) is 0 Å². The van der Waals surface area contributed by atoms with E-state index in [0.717, 1.165) is 12.2 Å². The standard InChI is InChI=1S/C10H16N2O2/c1-3-8(9-5-4-6-14-9)12-7(2)10(11)13/h4-8,12H,3H2,1-2H3,(H2,11,13). The first-order valence-corrected chi connectivity index (χ1v) is 4.74. The van der Waals surface area contributed by atoms with E-state index < -0.39 is 0 Å². The van der Waals surface area contributed by atoms with Crippen LogP contribution in [0.1, 0.15) is 32.1 Å². The fraction of sp³-hybridized carbons (Fsp3) is 0.500. The molecule has 1 aromatic heterocycles. The molecule has 0 saturated carbocycles. The number of furan rings is 1. The third-order valence-electron chi connectivity index (χ3n) is 2.17.